The summed E-state index contributed by atoms with van der Waals surface area (Å²) in [5.41, 5.74) is 0.405. The van der Waals surface area contributed by atoms with E-state index >= 15 is 0 Å². The number of nitrogens with zero attached hydrogens (tertiary/aromatic N) is 1. The highest BCUT2D eigenvalue weighted by Crippen LogP contribution is 2.36. The largest absolute Gasteiger partial charge is 0.379 e. The molecule has 2 aromatic rings. The van der Waals surface area contributed by atoms with Crippen LogP contribution in [0.1, 0.15) is 6.92 Å². The van der Waals surface area contributed by atoms with E-state index in [1.54, 1.807) is 37.3 Å². The summed E-state index contributed by atoms with van der Waals surface area (Å²) < 4.78 is 32.2. The van der Waals surface area contributed by atoms with Crippen molar-refractivity contribution >= 4 is 56.6 Å². The van der Waals surface area contributed by atoms with E-state index in [0.717, 1.165) is 0 Å². The zero-order valence-corrected chi connectivity index (χ0v) is 18.7. The van der Waals surface area contributed by atoms with Crippen molar-refractivity contribution in [2.45, 2.75) is 22.0 Å². The van der Waals surface area contributed by atoms with Crippen molar-refractivity contribution < 1.29 is 17.9 Å². The molecule has 0 saturated carbocycles. The SMILES string of the molecule is CC(Sc1c(Cl)cccc1Cl)C(=O)Nc1cccc(S(=O)(=O)N2CCOCC2)c1. The van der Waals surface area contributed by atoms with Gasteiger partial charge in [-0.15, -0.1) is 11.8 Å². The van der Waals surface area contributed by atoms with Crippen molar-refractivity contribution in [3.8, 4) is 0 Å². The van der Waals surface area contributed by atoms with Crippen LogP contribution in [0.25, 0.3) is 0 Å². The molecule has 0 aromatic heterocycles. The molecule has 2 aromatic carbocycles. The van der Waals surface area contributed by atoms with Crippen molar-refractivity contribution in [3.63, 3.8) is 0 Å². The van der Waals surface area contributed by atoms with Crippen LogP contribution >= 0.6 is 35.0 Å². The maximum Gasteiger partial charge on any atom is 0.243 e. The Morgan fingerprint density at radius 1 is 1.14 bits per heavy atom. The Hall–Kier alpha value is -1.29. The minimum absolute atomic E-state index is 0.131. The number of morpholine rings is 1. The highest BCUT2D eigenvalue weighted by molar-refractivity contribution is 8.00. The summed E-state index contributed by atoms with van der Waals surface area (Å²) in [5.74, 6) is -0.285. The molecule has 1 amide bonds. The maximum absolute atomic E-state index is 12.8. The zero-order chi connectivity index (χ0) is 21.0. The van der Waals surface area contributed by atoms with Crippen molar-refractivity contribution in [3.05, 3.63) is 52.5 Å². The molecule has 0 aliphatic carbocycles. The van der Waals surface area contributed by atoms with Gasteiger partial charge in [0.15, 0.2) is 0 Å². The van der Waals surface area contributed by atoms with E-state index in [0.29, 0.717) is 46.9 Å². The molecule has 6 nitrogen and oxygen atoms in total. The summed E-state index contributed by atoms with van der Waals surface area (Å²) in [4.78, 5) is 13.4. The number of nitrogens with one attached hydrogen (secondary N) is 1. The molecule has 1 saturated heterocycles. The highest BCUT2D eigenvalue weighted by atomic mass is 35.5. The van der Waals surface area contributed by atoms with E-state index in [-0.39, 0.29) is 10.8 Å². The van der Waals surface area contributed by atoms with Gasteiger partial charge in [0.2, 0.25) is 15.9 Å². The Balaban J connectivity index is 1.71. The molecule has 1 atom stereocenters. The predicted molar refractivity (Wildman–Crippen MR) is 116 cm³/mol. The second-order valence-corrected chi connectivity index (χ2v) is 10.4. The number of ether oxygens (including phenoxy) is 1. The van der Waals surface area contributed by atoms with E-state index in [4.69, 9.17) is 27.9 Å². The van der Waals surface area contributed by atoms with Crippen LogP contribution in [0.2, 0.25) is 10.0 Å². The molecule has 0 radical (unpaired) electrons. The van der Waals surface area contributed by atoms with Gasteiger partial charge in [-0.3, -0.25) is 4.79 Å². The first-order valence-corrected chi connectivity index (χ1v) is 12.0. The fourth-order valence-electron chi connectivity index (χ4n) is 2.74. The van der Waals surface area contributed by atoms with Crippen LogP contribution < -0.4 is 5.32 Å². The van der Waals surface area contributed by atoms with Gasteiger partial charge < -0.3 is 10.1 Å². The fourth-order valence-corrected chi connectivity index (χ4v) is 5.74. The van der Waals surface area contributed by atoms with Gasteiger partial charge in [-0.2, -0.15) is 4.31 Å². The molecule has 1 fully saturated rings. The van der Waals surface area contributed by atoms with Crippen molar-refractivity contribution in [2.75, 3.05) is 31.6 Å². The Labute approximate surface area is 184 Å². The van der Waals surface area contributed by atoms with E-state index < -0.39 is 15.3 Å². The number of carbonyl (C=O) groups excluding carboxylic acids is 1. The summed E-state index contributed by atoms with van der Waals surface area (Å²) in [6.07, 6.45) is 0. The second kappa shape index (κ2) is 9.68. The fraction of sp³-hybridized carbons (Fsp3) is 0.316. The number of hydrogen-bond donors (Lipinski definition) is 1. The smallest absolute Gasteiger partial charge is 0.243 e. The zero-order valence-electron chi connectivity index (χ0n) is 15.6. The van der Waals surface area contributed by atoms with Gasteiger partial charge >= 0.3 is 0 Å². The van der Waals surface area contributed by atoms with Crippen molar-refractivity contribution in [1.82, 2.24) is 4.31 Å². The molecule has 1 unspecified atom stereocenters. The topological polar surface area (TPSA) is 75.7 Å². The third-order valence-corrected chi connectivity index (χ3v) is 8.28. The van der Waals surface area contributed by atoms with Crippen molar-refractivity contribution in [2.24, 2.45) is 0 Å². The van der Waals surface area contributed by atoms with Crippen LogP contribution in [0.3, 0.4) is 0 Å². The molecule has 10 heteroatoms. The molecular formula is C19H20Cl2N2O4S2. The number of amides is 1. The van der Waals surface area contributed by atoms with Crippen LogP contribution in [-0.4, -0.2) is 50.2 Å². The minimum Gasteiger partial charge on any atom is -0.379 e. The number of rotatable bonds is 6. The Morgan fingerprint density at radius 2 is 1.76 bits per heavy atom. The monoisotopic (exact) mass is 474 g/mol. The number of halogens is 2. The van der Waals surface area contributed by atoms with Crippen LogP contribution in [0.15, 0.2) is 52.3 Å². The Kier molecular flexibility index (Phi) is 7.47. The number of anilines is 1. The molecule has 1 N–H and O–H groups in total. The normalized spacial score (nSPS) is 16.4. The Morgan fingerprint density at radius 3 is 2.41 bits per heavy atom. The first kappa shape index (κ1) is 22.4. The number of carbonyl (C=O) groups is 1. The van der Waals surface area contributed by atoms with E-state index in [9.17, 15) is 13.2 Å². The highest BCUT2D eigenvalue weighted by Gasteiger charge is 2.26. The van der Waals surface area contributed by atoms with Gasteiger partial charge in [-0.25, -0.2) is 8.42 Å². The first-order chi connectivity index (χ1) is 13.8. The molecule has 156 valence electrons. The van der Waals surface area contributed by atoms with Gasteiger partial charge in [0.05, 0.1) is 33.4 Å². The van der Waals surface area contributed by atoms with Crippen molar-refractivity contribution in [1.29, 1.82) is 0 Å². The molecule has 1 heterocycles. The van der Waals surface area contributed by atoms with Gasteiger partial charge in [0, 0.05) is 23.7 Å². The average molecular weight is 475 g/mol. The summed E-state index contributed by atoms with van der Waals surface area (Å²) in [6, 6.07) is 11.4. The molecule has 1 aliphatic rings. The van der Waals surface area contributed by atoms with Gasteiger partial charge in [-0.1, -0.05) is 35.3 Å². The lowest BCUT2D eigenvalue weighted by Gasteiger charge is -2.26. The number of benzene rings is 2. The molecule has 29 heavy (non-hydrogen) atoms. The van der Waals surface area contributed by atoms with Gasteiger partial charge in [-0.05, 0) is 37.3 Å². The molecule has 1 aliphatic heterocycles. The molecular weight excluding hydrogens is 455 g/mol. The number of sulfonamides is 1. The van der Waals surface area contributed by atoms with Crippen LogP contribution in [-0.2, 0) is 19.6 Å². The van der Waals surface area contributed by atoms with Crippen LogP contribution in [0.5, 0.6) is 0 Å². The average Bonchev–Trinajstić information content (AvgIpc) is 2.71. The summed E-state index contributed by atoms with van der Waals surface area (Å²) in [6.45, 7) is 3.09. The quantitative estimate of drug-likeness (QED) is 0.636. The number of thioether (sulfide) groups is 1. The summed E-state index contributed by atoms with van der Waals surface area (Å²) in [7, 11) is -3.64. The third-order valence-electron chi connectivity index (χ3n) is 4.29. The Bertz CT molecular complexity index is 975. The second-order valence-electron chi connectivity index (χ2n) is 6.34. The van der Waals surface area contributed by atoms with Crippen LogP contribution in [0, 0.1) is 0 Å². The number of hydrogen-bond acceptors (Lipinski definition) is 5. The third kappa shape index (κ3) is 5.45. The van der Waals surface area contributed by atoms with Gasteiger partial charge in [0.1, 0.15) is 0 Å². The van der Waals surface area contributed by atoms with E-state index in [2.05, 4.69) is 5.32 Å². The molecule has 3 rings (SSSR count). The van der Waals surface area contributed by atoms with E-state index in [1.807, 2.05) is 0 Å². The predicted octanol–water partition coefficient (Wildman–Crippen LogP) is 4.13. The van der Waals surface area contributed by atoms with E-state index in [1.165, 1.54) is 28.2 Å². The summed E-state index contributed by atoms with van der Waals surface area (Å²) in [5, 5.41) is 3.21. The standard InChI is InChI=1S/C19H20Cl2N2O4S2/c1-13(28-18-16(20)6-3-7-17(18)21)19(24)22-14-4-2-5-15(12-14)29(25,26)23-8-10-27-11-9-23/h2-7,12-13H,8-11H2,1H3,(H,22,24). The van der Waals surface area contributed by atoms with Crippen LogP contribution in [0.4, 0.5) is 5.69 Å². The first-order valence-electron chi connectivity index (χ1n) is 8.88. The minimum atomic E-state index is -3.64. The lowest BCUT2D eigenvalue weighted by molar-refractivity contribution is -0.115. The summed E-state index contributed by atoms with van der Waals surface area (Å²) >= 11 is 13.6. The molecule has 0 spiro atoms. The maximum atomic E-state index is 12.8. The lowest BCUT2D eigenvalue weighted by Crippen LogP contribution is -2.40. The van der Waals surface area contributed by atoms with Gasteiger partial charge in [0.25, 0.3) is 0 Å². The molecule has 0 bridgehead atoms. The lowest BCUT2D eigenvalue weighted by atomic mass is 10.3.